The van der Waals surface area contributed by atoms with Crippen LogP contribution >= 0.6 is 11.8 Å². The maximum atomic E-state index is 11.2. The zero-order valence-electron chi connectivity index (χ0n) is 6.17. The number of Topliss-reactive ketones (excluding diaryl/α,β-unsaturated/α-hetero) is 1. The fourth-order valence-electron chi connectivity index (χ4n) is 0.997. The number of carbonyl (C=O) groups is 1. The van der Waals surface area contributed by atoms with Crippen LogP contribution in [0.4, 0.5) is 0 Å². The lowest BCUT2D eigenvalue weighted by Gasteiger charge is -2.02. The van der Waals surface area contributed by atoms with Gasteiger partial charge in [0.1, 0.15) is 5.78 Å². The molecule has 56 valence electrons. The molecule has 1 rings (SSSR count). The summed E-state index contributed by atoms with van der Waals surface area (Å²) in [5.41, 5.74) is 0. The summed E-state index contributed by atoms with van der Waals surface area (Å²) in [6.45, 7) is 2.05. The Labute approximate surface area is 65.9 Å². The van der Waals surface area contributed by atoms with E-state index in [0.717, 1.165) is 18.6 Å². The second-order valence-corrected chi connectivity index (χ2v) is 3.42. The third-order valence-electron chi connectivity index (χ3n) is 1.59. The van der Waals surface area contributed by atoms with Gasteiger partial charge in [0.15, 0.2) is 0 Å². The summed E-state index contributed by atoms with van der Waals surface area (Å²) in [6.07, 6.45) is 3.74. The summed E-state index contributed by atoms with van der Waals surface area (Å²) in [5.74, 6) is 1.60. The van der Waals surface area contributed by atoms with Crippen molar-refractivity contribution in [3.63, 3.8) is 0 Å². The minimum absolute atomic E-state index is 0.227. The van der Waals surface area contributed by atoms with E-state index in [4.69, 9.17) is 0 Å². The smallest absolute Gasteiger partial charge is 0.140 e. The molecule has 1 aliphatic heterocycles. The quantitative estimate of drug-likeness (QED) is 0.623. The van der Waals surface area contributed by atoms with Crippen LogP contribution in [-0.2, 0) is 4.79 Å². The van der Waals surface area contributed by atoms with Crippen LogP contribution in [0.2, 0.25) is 0 Å². The molecule has 1 atom stereocenters. The van der Waals surface area contributed by atoms with E-state index in [1.165, 1.54) is 0 Å². The van der Waals surface area contributed by atoms with Crippen molar-refractivity contribution >= 4 is 17.5 Å². The lowest BCUT2D eigenvalue weighted by Crippen LogP contribution is -2.11. The summed E-state index contributed by atoms with van der Waals surface area (Å²) in [5, 5.41) is 2.03. The summed E-state index contributed by atoms with van der Waals surface area (Å²) < 4.78 is 0. The monoisotopic (exact) mass is 156 g/mol. The average Bonchev–Trinajstić information content (AvgIpc) is 2.38. The minimum atomic E-state index is 0.227. The first-order valence-electron chi connectivity index (χ1n) is 3.65. The Kier molecular flexibility index (Phi) is 3.00. The highest BCUT2D eigenvalue weighted by Crippen LogP contribution is 2.22. The zero-order valence-corrected chi connectivity index (χ0v) is 6.99. The maximum absolute atomic E-state index is 11.2. The molecule has 1 unspecified atom stereocenters. The van der Waals surface area contributed by atoms with E-state index < -0.39 is 0 Å². The normalized spacial score (nSPS) is 23.5. The molecule has 0 spiro atoms. The Morgan fingerprint density at radius 1 is 1.80 bits per heavy atom. The number of allylic oxidation sites excluding steroid dienone is 1. The first-order valence-corrected chi connectivity index (χ1v) is 4.70. The van der Waals surface area contributed by atoms with Gasteiger partial charge in [-0.15, -0.1) is 11.8 Å². The van der Waals surface area contributed by atoms with Crippen molar-refractivity contribution in [2.45, 2.75) is 19.8 Å². The molecule has 1 aliphatic rings. The standard InChI is InChI=1S/C8H12OS/c1-2-3-8(9)7-4-5-10-6-7/h4-5,7H,2-3,6H2,1H3. The molecule has 2 heteroatoms. The van der Waals surface area contributed by atoms with E-state index in [1.54, 1.807) is 11.8 Å². The van der Waals surface area contributed by atoms with Crippen LogP contribution in [0.1, 0.15) is 19.8 Å². The van der Waals surface area contributed by atoms with Gasteiger partial charge >= 0.3 is 0 Å². The molecule has 0 N–H and O–H groups in total. The van der Waals surface area contributed by atoms with E-state index in [-0.39, 0.29) is 5.92 Å². The molecule has 0 aromatic carbocycles. The highest BCUT2D eigenvalue weighted by atomic mass is 32.2. The Balaban J connectivity index is 2.33. The number of hydrogen-bond acceptors (Lipinski definition) is 2. The van der Waals surface area contributed by atoms with Gasteiger partial charge in [-0.25, -0.2) is 0 Å². The van der Waals surface area contributed by atoms with Gasteiger partial charge in [-0.05, 0) is 11.8 Å². The van der Waals surface area contributed by atoms with Gasteiger partial charge in [0.05, 0.1) is 0 Å². The van der Waals surface area contributed by atoms with Gasteiger partial charge in [-0.2, -0.15) is 0 Å². The fraction of sp³-hybridized carbons (Fsp3) is 0.625. The number of carbonyl (C=O) groups excluding carboxylic acids is 1. The predicted octanol–water partition coefficient (Wildman–Crippen LogP) is 2.23. The number of ketones is 1. The molecule has 0 aromatic heterocycles. The van der Waals surface area contributed by atoms with Crippen molar-refractivity contribution in [3.8, 4) is 0 Å². The molecule has 10 heavy (non-hydrogen) atoms. The lowest BCUT2D eigenvalue weighted by molar-refractivity contribution is -0.120. The van der Waals surface area contributed by atoms with E-state index >= 15 is 0 Å². The van der Waals surface area contributed by atoms with Crippen LogP contribution in [0.15, 0.2) is 11.5 Å². The highest BCUT2D eigenvalue weighted by molar-refractivity contribution is 8.02. The molecule has 0 bridgehead atoms. The number of rotatable bonds is 3. The topological polar surface area (TPSA) is 17.1 Å². The minimum Gasteiger partial charge on any atom is -0.299 e. The second kappa shape index (κ2) is 3.81. The number of thioether (sulfide) groups is 1. The molecule has 0 saturated heterocycles. The van der Waals surface area contributed by atoms with Crippen LogP contribution < -0.4 is 0 Å². The van der Waals surface area contributed by atoms with E-state index in [1.807, 2.05) is 18.4 Å². The number of hydrogen-bond donors (Lipinski definition) is 0. The van der Waals surface area contributed by atoms with Gasteiger partial charge in [-0.3, -0.25) is 4.79 Å². The van der Waals surface area contributed by atoms with Crippen molar-refractivity contribution in [3.05, 3.63) is 11.5 Å². The van der Waals surface area contributed by atoms with E-state index in [9.17, 15) is 4.79 Å². The third kappa shape index (κ3) is 1.87. The van der Waals surface area contributed by atoms with E-state index in [2.05, 4.69) is 0 Å². The molecule has 0 fully saturated rings. The molecule has 0 radical (unpaired) electrons. The molecule has 0 amide bonds. The summed E-state index contributed by atoms with van der Waals surface area (Å²) >= 11 is 1.73. The van der Waals surface area contributed by atoms with Crippen molar-refractivity contribution in [2.24, 2.45) is 5.92 Å². The van der Waals surface area contributed by atoms with Crippen LogP contribution in [0.5, 0.6) is 0 Å². The molecule has 1 nitrogen and oxygen atoms in total. The van der Waals surface area contributed by atoms with Crippen molar-refractivity contribution in [1.29, 1.82) is 0 Å². The van der Waals surface area contributed by atoms with Crippen molar-refractivity contribution in [2.75, 3.05) is 5.75 Å². The summed E-state index contributed by atoms with van der Waals surface area (Å²) in [4.78, 5) is 11.2. The van der Waals surface area contributed by atoms with Gasteiger partial charge in [0.25, 0.3) is 0 Å². The first-order chi connectivity index (χ1) is 4.84. The summed E-state index contributed by atoms with van der Waals surface area (Å²) in [6, 6.07) is 0. The van der Waals surface area contributed by atoms with Crippen LogP contribution in [0.3, 0.4) is 0 Å². The molecule has 1 heterocycles. The Morgan fingerprint density at radius 3 is 3.10 bits per heavy atom. The molecular weight excluding hydrogens is 144 g/mol. The van der Waals surface area contributed by atoms with Gasteiger partial charge < -0.3 is 0 Å². The largest absolute Gasteiger partial charge is 0.299 e. The molecule has 0 saturated carbocycles. The van der Waals surface area contributed by atoms with Crippen molar-refractivity contribution in [1.82, 2.24) is 0 Å². The second-order valence-electron chi connectivity index (χ2n) is 2.48. The van der Waals surface area contributed by atoms with Crippen molar-refractivity contribution < 1.29 is 4.79 Å². The SMILES string of the molecule is CCCC(=O)C1C=CSC1. The first kappa shape index (κ1) is 7.86. The van der Waals surface area contributed by atoms with Crippen LogP contribution in [0, 0.1) is 5.92 Å². The van der Waals surface area contributed by atoms with Gasteiger partial charge in [0.2, 0.25) is 0 Å². The molecule has 0 aliphatic carbocycles. The summed E-state index contributed by atoms with van der Waals surface area (Å²) in [7, 11) is 0. The van der Waals surface area contributed by atoms with Crippen LogP contribution in [-0.4, -0.2) is 11.5 Å². The average molecular weight is 156 g/mol. The van der Waals surface area contributed by atoms with Gasteiger partial charge in [0, 0.05) is 18.1 Å². The fourth-order valence-corrected chi connectivity index (χ4v) is 1.91. The third-order valence-corrected chi connectivity index (χ3v) is 2.49. The highest BCUT2D eigenvalue weighted by Gasteiger charge is 2.16. The molecule has 0 aromatic rings. The van der Waals surface area contributed by atoms with Gasteiger partial charge in [-0.1, -0.05) is 13.0 Å². The predicted molar refractivity (Wildman–Crippen MR) is 45.0 cm³/mol. The maximum Gasteiger partial charge on any atom is 0.140 e. The Bertz CT molecular complexity index is 151. The molecular formula is C8H12OS. The lowest BCUT2D eigenvalue weighted by atomic mass is 10.0. The van der Waals surface area contributed by atoms with E-state index in [0.29, 0.717) is 5.78 Å². The Hall–Kier alpha value is -0.240. The zero-order chi connectivity index (χ0) is 7.40. The Morgan fingerprint density at radius 2 is 2.60 bits per heavy atom. The van der Waals surface area contributed by atoms with Crippen LogP contribution in [0.25, 0.3) is 0 Å².